The summed E-state index contributed by atoms with van der Waals surface area (Å²) in [6, 6.07) is 1.40. The van der Waals surface area contributed by atoms with Crippen LogP contribution in [0.5, 0.6) is 5.88 Å². The molecule has 2 heterocycles. The van der Waals surface area contributed by atoms with Gasteiger partial charge in [0.25, 0.3) is 11.3 Å². The van der Waals surface area contributed by atoms with E-state index < -0.39 is 11.3 Å². The lowest BCUT2D eigenvalue weighted by Gasteiger charge is -2.32. The van der Waals surface area contributed by atoms with Gasteiger partial charge in [0.05, 0.1) is 35.2 Å². The van der Waals surface area contributed by atoms with Gasteiger partial charge in [-0.05, 0) is 73.9 Å². The number of fused-ring (bicyclic) bond motifs is 1. The van der Waals surface area contributed by atoms with Crippen LogP contribution in [0.1, 0.15) is 62.7 Å². The van der Waals surface area contributed by atoms with Crippen molar-refractivity contribution in [2.45, 2.75) is 70.6 Å². The topological polar surface area (TPSA) is 107 Å². The molecular formula is C21H27BrN4O5S. The molecule has 1 N–H and O–H groups in total. The summed E-state index contributed by atoms with van der Waals surface area (Å²) in [4.78, 5) is 16.3. The number of anilines is 1. The molecule has 0 aliphatic heterocycles. The molecule has 2 atom stereocenters. The largest absolute Gasteiger partial charge is 0.474 e. The first-order valence-corrected chi connectivity index (χ1v) is 12.8. The Morgan fingerprint density at radius 2 is 2.09 bits per heavy atom. The van der Waals surface area contributed by atoms with Crippen molar-refractivity contribution in [3.63, 3.8) is 0 Å². The molecule has 0 saturated heterocycles. The molecular weight excluding hydrogens is 500 g/mol. The third-order valence-corrected chi connectivity index (χ3v) is 7.26. The summed E-state index contributed by atoms with van der Waals surface area (Å²) in [5.74, 6) is 0.144. The standard InChI is InChI=1S/C21H27BrN4O5S/c1-2-30-20(27)13-25-18-8-5-9-19(16(18)12-24-25)26(32(28)29)14-10-17(22)21(23-11-14)31-15-6-3-4-7-15/h10-12,15,19H,2-9,13H2,1H3,(H,28,29). The summed E-state index contributed by atoms with van der Waals surface area (Å²) in [6.45, 7) is 2.10. The number of ether oxygens (including phenoxy) is 2. The van der Waals surface area contributed by atoms with E-state index in [1.807, 2.05) is 0 Å². The van der Waals surface area contributed by atoms with Crippen molar-refractivity contribution in [1.29, 1.82) is 0 Å². The number of hydrogen-bond acceptors (Lipinski definition) is 6. The number of esters is 1. The Labute approximate surface area is 198 Å². The minimum atomic E-state index is -2.28. The number of carbonyl (C=O) groups excluding carboxylic acids is 1. The molecule has 1 fully saturated rings. The molecule has 32 heavy (non-hydrogen) atoms. The summed E-state index contributed by atoms with van der Waals surface area (Å²) < 4.78 is 37.3. The smallest absolute Gasteiger partial charge is 0.327 e. The average molecular weight is 527 g/mol. The van der Waals surface area contributed by atoms with Crippen LogP contribution in [0.3, 0.4) is 0 Å². The van der Waals surface area contributed by atoms with Gasteiger partial charge < -0.3 is 9.47 Å². The summed E-state index contributed by atoms with van der Waals surface area (Å²) in [5, 5.41) is 4.36. The highest BCUT2D eigenvalue weighted by Crippen LogP contribution is 2.39. The number of hydrogen-bond donors (Lipinski definition) is 1. The van der Waals surface area contributed by atoms with E-state index in [0.29, 0.717) is 29.1 Å². The Kier molecular flexibility index (Phi) is 7.47. The van der Waals surface area contributed by atoms with E-state index in [1.54, 1.807) is 30.1 Å². The first kappa shape index (κ1) is 23.2. The number of aromatic nitrogens is 3. The van der Waals surface area contributed by atoms with E-state index in [0.717, 1.165) is 49.8 Å². The summed E-state index contributed by atoms with van der Waals surface area (Å²) in [5.41, 5.74) is 2.23. The zero-order valence-corrected chi connectivity index (χ0v) is 20.3. The van der Waals surface area contributed by atoms with E-state index in [2.05, 4.69) is 26.0 Å². The molecule has 2 aliphatic carbocycles. The lowest BCUT2D eigenvalue weighted by Crippen LogP contribution is -2.33. The lowest BCUT2D eigenvalue weighted by atomic mass is 9.92. The second kappa shape index (κ2) is 10.3. The second-order valence-electron chi connectivity index (χ2n) is 7.98. The van der Waals surface area contributed by atoms with Crippen LogP contribution in [0.4, 0.5) is 5.69 Å². The Morgan fingerprint density at radius 1 is 1.31 bits per heavy atom. The number of rotatable bonds is 8. The van der Waals surface area contributed by atoms with Crippen LogP contribution in [0.15, 0.2) is 22.9 Å². The number of carbonyl (C=O) groups is 1. The van der Waals surface area contributed by atoms with E-state index in [4.69, 9.17) is 9.47 Å². The quantitative estimate of drug-likeness (QED) is 0.409. The third-order valence-electron chi connectivity index (χ3n) is 5.89. The van der Waals surface area contributed by atoms with Crippen LogP contribution in [-0.2, 0) is 33.8 Å². The van der Waals surface area contributed by atoms with E-state index in [9.17, 15) is 13.6 Å². The molecule has 11 heteroatoms. The van der Waals surface area contributed by atoms with Gasteiger partial charge >= 0.3 is 5.97 Å². The minimum absolute atomic E-state index is 0.0262. The molecule has 4 rings (SSSR count). The molecule has 2 unspecified atom stereocenters. The first-order valence-electron chi connectivity index (χ1n) is 10.9. The molecule has 0 bridgehead atoms. The predicted octanol–water partition coefficient (Wildman–Crippen LogP) is 3.95. The first-order chi connectivity index (χ1) is 15.5. The Morgan fingerprint density at radius 3 is 2.78 bits per heavy atom. The van der Waals surface area contributed by atoms with Gasteiger partial charge in [-0.25, -0.2) is 9.19 Å². The van der Waals surface area contributed by atoms with Crippen molar-refractivity contribution in [3.8, 4) is 5.88 Å². The normalized spacial score (nSPS) is 19.4. The highest BCUT2D eigenvalue weighted by atomic mass is 79.9. The maximum absolute atomic E-state index is 12.4. The van der Waals surface area contributed by atoms with E-state index in [1.165, 1.54) is 4.31 Å². The van der Waals surface area contributed by atoms with Crippen LogP contribution in [-0.4, -0.2) is 42.2 Å². The Balaban J connectivity index is 1.59. The van der Waals surface area contributed by atoms with Crippen LogP contribution in [0.25, 0.3) is 0 Å². The summed E-state index contributed by atoms with van der Waals surface area (Å²) in [7, 11) is 0. The molecule has 174 valence electrons. The molecule has 0 aromatic carbocycles. The van der Waals surface area contributed by atoms with Gasteiger partial charge in [-0.15, -0.1) is 0 Å². The SMILES string of the molecule is CCOC(=O)Cn1ncc2c1CCCC2N(c1cnc(OC2CCCC2)c(Br)c1)S(=O)O. The predicted molar refractivity (Wildman–Crippen MR) is 123 cm³/mol. The van der Waals surface area contributed by atoms with Gasteiger partial charge in [-0.2, -0.15) is 5.10 Å². The van der Waals surface area contributed by atoms with E-state index >= 15 is 0 Å². The van der Waals surface area contributed by atoms with Crippen molar-refractivity contribution in [2.24, 2.45) is 0 Å². The van der Waals surface area contributed by atoms with Crippen molar-refractivity contribution in [2.75, 3.05) is 10.9 Å². The van der Waals surface area contributed by atoms with Crippen molar-refractivity contribution >= 4 is 38.9 Å². The molecule has 0 radical (unpaired) electrons. The fourth-order valence-electron chi connectivity index (χ4n) is 4.47. The van der Waals surface area contributed by atoms with Crippen LogP contribution in [0, 0.1) is 0 Å². The van der Waals surface area contributed by atoms with Crippen LogP contribution < -0.4 is 9.04 Å². The fourth-order valence-corrected chi connectivity index (χ4v) is 5.62. The Bertz CT molecular complexity index is 995. The zero-order chi connectivity index (χ0) is 22.7. The second-order valence-corrected chi connectivity index (χ2v) is 9.69. The lowest BCUT2D eigenvalue weighted by molar-refractivity contribution is -0.144. The minimum Gasteiger partial charge on any atom is -0.474 e. The molecule has 0 amide bonds. The number of nitrogens with zero attached hydrogens (tertiary/aromatic N) is 4. The number of pyridine rings is 1. The molecule has 2 aromatic rings. The van der Waals surface area contributed by atoms with Gasteiger partial charge in [0.1, 0.15) is 12.6 Å². The molecule has 1 saturated carbocycles. The summed E-state index contributed by atoms with van der Waals surface area (Å²) in [6.07, 6.45) is 9.99. The number of halogens is 1. The van der Waals surface area contributed by atoms with Crippen LogP contribution >= 0.6 is 15.9 Å². The van der Waals surface area contributed by atoms with E-state index in [-0.39, 0.29) is 24.7 Å². The zero-order valence-electron chi connectivity index (χ0n) is 17.9. The summed E-state index contributed by atoms with van der Waals surface area (Å²) >= 11 is 1.23. The Hall–Kier alpha value is -1.98. The molecule has 0 spiro atoms. The molecule has 2 aromatic heterocycles. The van der Waals surface area contributed by atoms with Crippen molar-refractivity contribution in [3.05, 3.63) is 34.2 Å². The van der Waals surface area contributed by atoms with Gasteiger partial charge in [0.2, 0.25) is 5.88 Å². The van der Waals surface area contributed by atoms with Crippen molar-refractivity contribution < 1.29 is 23.0 Å². The van der Waals surface area contributed by atoms with Crippen LogP contribution in [0.2, 0.25) is 0 Å². The highest BCUT2D eigenvalue weighted by Gasteiger charge is 2.33. The molecule has 2 aliphatic rings. The fraction of sp³-hybridized carbons (Fsp3) is 0.571. The highest BCUT2D eigenvalue weighted by molar-refractivity contribution is 9.10. The van der Waals surface area contributed by atoms with Gasteiger partial charge in [-0.3, -0.25) is 18.3 Å². The maximum atomic E-state index is 12.4. The van der Waals surface area contributed by atoms with Gasteiger partial charge in [0, 0.05) is 11.3 Å². The van der Waals surface area contributed by atoms with Gasteiger partial charge in [-0.1, -0.05) is 0 Å². The maximum Gasteiger partial charge on any atom is 0.327 e. The van der Waals surface area contributed by atoms with Gasteiger partial charge in [0.15, 0.2) is 0 Å². The molecule has 9 nitrogen and oxygen atoms in total. The third kappa shape index (κ3) is 4.99. The monoisotopic (exact) mass is 526 g/mol. The van der Waals surface area contributed by atoms with Crippen molar-refractivity contribution in [1.82, 2.24) is 14.8 Å². The average Bonchev–Trinajstić information content (AvgIpc) is 3.41.